The molecule has 0 unspecified atom stereocenters. The van der Waals surface area contributed by atoms with E-state index >= 15 is 0 Å². The largest absolute Gasteiger partial charge is 0.272 e. The van der Waals surface area contributed by atoms with Crippen LogP contribution in [0.5, 0.6) is 0 Å². The molecule has 0 spiro atoms. The van der Waals surface area contributed by atoms with Crippen molar-refractivity contribution in [2.45, 2.75) is 20.4 Å². The van der Waals surface area contributed by atoms with Crippen LogP contribution in [0, 0.1) is 18.4 Å². The Morgan fingerprint density at radius 1 is 1.27 bits per heavy atom. The predicted molar refractivity (Wildman–Crippen MR) is 105 cm³/mol. The van der Waals surface area contributed by atoms with Crippen LogP contribution in [0.15, 0.2) is 47.7 Å². The van der Waals surface area contributed by atoms with E-state index in [-0.39, 0.29) is 0 Å². The minimum atomic E-state index is 0.560. The lowest BCUT2D eigenvalue weighted by atomic mass is 10.2. The molecule has 1 aromatic carbocycles. The van der Waals surface area contributed by atoms with Gasteiger partial charge in [-0.3, -0.25) is 10.00 Å². The van der Waals surface area contributed by atoms with E-state index in [1.807, 2.05) is 71.5 Å². The number of nitriles is 1. The lowest BCUT2D eigenvalue weighted by Gasteiger charge is -2.03. The van der Waals surface area contributed by atoms with Crippen molar-refractivity contribution in [1.29, 1.82) is 5.26 Å². The Kier molecular flexibility index (Phi) is 5.39. The first kappa shape index (κ1) is 17.8. The highest BCUT2D eigenvalue weighted by molar-refractivity contribution is 8.13. The number of aromatic nitrogens is 4. The summed E-state index contributed by atoms with van der Waals surface area (Å²) in [5, 5.41) is 20.9. The first-order valence-corrected chi connectivity index (χ1v) is 9.35. The number of hydrogen-bond donors (Lipinski definition) is 1. The van der Waals surface area contributed by atoms with Crippen LogP contribution in [0.3, 0.4) is 0 Å². The van der Waals surface area contributed by atoms with Crippen LogP contribution in [-0.4, -0.2) is 31.0 Å². The van der Waals surface area contributed by atoms with Gasteiger partial charge in [-0.05, 0) is 50.4 Å². The molecule has 0 aliphatic rings. The molecule has 0 radical (unpaired) electrons. The lowest BCUT2D eigenvalue weighted by Crippen LogP contribution is -2.12. The van der Waals surface area contributed by atoms with Gasteiger partial charge in [-0.25, -0.2) is 9.67 Å². The summed E-state index contributed by atoms with van der Waals surface area (Å²) in [7, 11) is 0. The highest BCUT2D eigenvalue weighted by Crippen LogP contribution is 2.22. The van der Waals surface area contributed by atoms with Crippen molar-refractivity contribution in [3.8, 4) is 23.1 Å². The fraction of sp³-hybridized carbons (Fsp3) is 0.222. The molecular formula is C18H19N7S. The SMILES string of the molecule is CCn1cc(-c2ccn(-c3ccc(N=C(NC#N)SC)cc3)n2)c(C)n1. The fourth-order valence-corrected chi connectivity index (χ4v) is 2.86. The highest BCUT2D eigenvalue weighted by atomic mass is 32.2. The molecule has 3 rings (SSSR count). The van der Waals surface area contributed by atoms with Crippen molar-refractivity contribution >= 4 is 22.6 Å². The van der Waals surface area contributed by atoms with Gasteiger partial charge in [0.1, 0.15) is 0 Å². The van der Waals surface area contributed by atoms with Crippen molar-refractivity contribution in [2.75, 3.05) is 6.26 Å². The summed E-state index contributed by atoms with van der Waals surface area (Å²) in [5.74, 6) is 0. The Morgan fingerprint density at radius 2 is 2.04 bits per heavy atom. The Balaban J connectivity index is 1.83. The Hall–Kier alpha value is -3.05. The van der Waals surface area contributed by atoms with E-state index in [0.29, 0.717) is 5.17 Å². The number of amidine groups is 1. The maximum Gasteiger partial charge on any atom is 0.183 e. The average Bonchev–Trinajstić information content (AvgIpc) is 3.28. The van der Waals surface area contributed by atoms with Crippen LogP contribution >= 0.6 is 11.8 Å². The second kappa shape index (κ2) is 7.89. The van der Waals surface area contributed by atoms with Gasteiger partial charge in [0.25, 0.3) is 0 Å². The summed E-state index contributed by atoms with van der Waals surface area (Å²) in [6.45, 7) is 4.89. The zero-order chi connectivity index (χ0) is 18.5. The predicted octanol–water partition coefficient (Wildman–Crippen LogP) is 3.49. The maximum absolute atomic E-state index is 8.70. The van der Waals surface area contributed by atoms with Gasteiger partial charge in [0.15, 0.2) is 11.4 Å². The van der Waals surface area contributed by atoms with Gasteiger partial charge in [0.2, 0.25) is 0 Å². The molecule has 2 heterocycles. The molecule has 0 atom stereocenters. The molecule has 1 N–H and O–H groups in total. The molecule has 7 nitrogen and oxygen atoms in total. The molecule has 0 fully saturated rings. The van der Waals surface area contributed by atoms with Crippen LogP contribution in [0.25, 0.3) is 16.9 Å². The number of nitrogens with one attached hydrogen (secondary N) is 1. The van der Waals surface area contributed by atoms with E-state index in [1.54, 1.807) is 0 Å². The summed E-state index contributed by atoms with van der Waals surface area (Å²) < 4.78 is 3.74. The van der Waals surface area contributed by atoms with Gasteiger partial charge >= 0.3 is 0 Å². The zero-order valence-corrected chi connectivity index (χ0v) is 15.7. The molecular weight excluding hydrogens is 346 g/mol. The first-order valence-electron chi connectivity index (χ1n) is 8.13. The van der Waals surface area contributed by atoms with Crippen LogP contribution in [0.1, 0.15) is 12.6 Å². The Labute approximate surface area is 156 Å². The fourth-order valence-electron chi connectivity index (χ4n) is 2.51. The van der Waals surface area contributed by atoms with Gasteiger partial charge in [0, 0.05) is 24.5 Å². The minimum absolute atomic E-state index is 0.560. The molecule has 0 saturated carbocycles. The van der Waals surface area contributed by atoms with Crippen molar-refractivity contribution in [3.63, 3.8) is 0 Å². The van der Waals surface area contributed by atoms with Crippen molar-refractivity contribution in [2.24, 2.45) is 4.99 Å². The monoisotopic (exact) mass is 365 g/mol. The van der Waals surface area contributed by atoms with Crippen LogP contribution < -0.4 is 5.32 Å². The Morgan fingerprint density at radius 3 is 2.65 bits per heavy atom. The number of hydrogen-bond acceptors (Lipinski definition) is 5. The first-order chi connectivity index (χ1) is 12.6. The lowest BCUT2D eigenvalue weighted by molar-refractivity contribution is 0.653. The van der Waals surface area contributed by atoms with E-state index < -0.39 is 0 Å². The molecule has 2 aromatic heterocycles. The zero-order valence-electron chi connectivity index (χ0n) is 14.8. The van der Waals surface area contributed by atoms with Crippen molar-refractivity contribution < 1.29 is 0 Å². The summed E-state index contributed by atoms with van der Waals surface area (Å²) in [6.07, 6.45) is 7.70. The molecule has 0 saturated heterocycles. The smallest absolute Gasteiger partial charge is 0.183 e. The third kappa shape index (κ3) is 3.78. The molecule has 0 bridgehead atoms. The molecule has 3 aromatic rings. The number of aryl methyl sites for hydroxylation is 2. The van der Waals surface area contributed by atoms with Crippen molar-refractivity contribution in [1.82, 2.24) is 24.9 Å². The third-order valence-electron chi connectivity index (χ3n) is 3.84. The van der Waals surface area contributed by atoms with Gasteiger partial charge in [-0.2, -0.15) is 15.5 Å². The standard InChI is InChI=1S/C18H19N7S/c1-4-24-11-16(13(2)22-24)17-9-10-25(23-17)15-7-5-14(6-8-15)21-18(26-3)20-12-19/h5-11H,4H2,1-3H3,(H,20,21). The van der Waals surface area contributed by atoms with E-state index in [1.165, 1.54) is 11.8 Å². The quantitative estimate of drug-likeness (QED) is 0.331. The second-order valence-corrected chi connectivity index (χ2v) is 6.30. The number of rotatable bonds is 4. The number of benzene rings is 1. The van der Waals surface area contributed by atoms with Gasteiger partial charge in [0.05, 0.1) is 22.8 Å². The topological polar surface area (TPSA) is 83.8 Å². The summed E-state index contributed by atoms with van der Waals surface area (Å²) in [6, 6.07) is 9.67. The second-order valence-electron chi connectivity index (χ2n) is 5.50. The summed E-state index contributed by atoms with van der Waals surface area (Å²) in [4.78, 5) is 4.38. The third-order valence-corrected chi connectivity index (χ3v) is 4.42. The van der Waals surface area contributed by atoms with Gasteiger partial charge in [-0.15, -0.1) is 0 Å². The van der Waals surface area contributed by atoms with E-state index in [4.69, 9.17) is 5.26 Å². The summed E-state index contributed by atoms with van der Waals surface area (Å²) >= 11 is 1.39. The van der Waals surface area contributed by atoms with Gasteiger partial charge in [-0.1, -0.05) is 11.8 Å². The maximum atomic E-state index is 8.70. The van der Waals surface area contributed by atoms with E-state index in [0.717, 1.165) is 34.9 Å². The minimum Gasteiger partial charge on any atom is -0.272 e. The summed E-state index contributed by atoms with van der Waals surface area (Å²) in [5.41, 5.74) is 4.62. The van der Waals surface area contributed by atoms with E-state index in [9.17, 15) is 0 Å². The van der Waals surface area contributed by atoms with E-state index in [2.05, 4.69) is 27.4 Å². The number of thioether (sulfide) groups is 1. The molecule has 0 aliphatic heterocycles. The average molecular weight is 365 g/mol. The molecule has 26 heavy (non-hydrogen) atoms. The van der Waals surface area contributed by atoms with Crippen LogP contribution in [0.4, 0.5) is 5.69 Å². The van der Waals surface area contributed by atoms with Gasteiger partial charge < -0.3 is 0 Å². The number of nitrogens with zero attached hydrogens (tertiary/aromatic N) is 6. The number of aliphatic imine (C=N–C) groups is 1. The Bertz CT molecular complexity index is 960. The normalized spacial score (nSPS) is 11.4. The molecule has 8 heteroatoms. The van der Waals surface area contributed by atoms with Crippen LogP contribution in [0.2, 0.25) is 0 Å². The molecule has 0 aliphatic carbocycles. The molecule has 132 valence electrons. The molecule has 0 amide bonds. The highest BCUT2D eigenvalue weighted by Gasteiger charge is 2.10. The van der Waals surface area contributed by atoms with Crippen molar-refractivity contribution in [3.05, 3.63) is 48.4 Å². The van der Waals surface area contributed by atoms with Crippen LogP contribution in [-0.2, 0) is 6.54 Å².